The van der Waals surface area contributed by atoms with Gasteiger partial charge in [0.15, 0.2) is 0 Å². The Bertz CT molecular complexity index is 817. The molecule has 0 spiro atoms. The molecular formula is C21H25N3O5. The summed E-state index contributed by atoms with van der Waals surface area (Å²) in [5.74, 6) is 0.270. The molecule has 8 nitrogen and oxygen atoms in total. The Morgan fingerprint density at radius 2 is 1.97 bits per heavy atom. The Morgan fingerprint density at radius 3 is 2.66 bits per heavy atom. The summed E-state index contributed by atoms with van der Waals surface area (Å²) in [5.41, 5.74) is 1.23. The van der Waals surface area contributed by atoms with Crippen molar-refractivity contribution in [2.75, 3.05) is 31.1 Å². The second-order valence-electron chi connectivity index (χ2n) is 6.71. The van der Waals surface area contributed by atoms with Gasteiger partial charge in [-0.2, -0.15) is 0 Å². The van der Waals surface area contributed by atoms with Crippen LogP contribution in [0.3, 0.4) is 0 Å². The van der Waals surface area contributed by atoms with Gasteiger partial charge in [0, 0.05) is 37.4 Å². The van der Waals surface area contributed by atoms with Gasteiger partial charge in [-0.05, 0) is 49.2 Å². The maximum atomic E-state index is 12.2. The number of nitrogens with zero attached hydrogens (tertiary/aromatic N) is 1. The van der Waals surface area contributed by atoms with E-state index in [0.29, 0.717) is 44.7 Å². The molecule has 0 atom stereocenters. The van der Waals surface area contributed by atoms with Gasteiger partial charge in [-0.25, -0.2) is 0 Å². The van der Waals surface area contributed by atoms with Crippen molar-refractivity contribution in [2.24, 2.45) is 0 Å². The van der Waals surface area contributed by atoms with Gasteiger partial charge in [-0.1, -0.05) is 0 Å². The summed E-state index contributed by atoms with van der Waals surface area (Å²) < 4.78 is 10.6. The van der Waals surface area contributed by atoms with Gasteiger partial charge in [-0.3, -0.25) is 14.4 Å². The number of hydrogen-bond acceptors (Lipinski definition) is 5. The predicted molar refractivity (Wildman–Crippen MR) is 106 cm³/mol. The van der Waals surface area contributed by atoms with Gasteiger partial charge in [0.1, 0.15) is 12.4 Å². The quantitative estimate of drug-likeness (QED) is 0.594. The summed E-state index contributed by atoms with van der Waals surface area (Å²) in [5, 5.41) is 5.32. The highest BCUT2D eigenvalue weighted by atomic mass is 16.5. The molecule has 1 aromatic heterocycles. The number of nitrogens with one attached hydrogen (secondary N) is 2. The van der Waals surface area contributed by atoms with Crippen LogP contribution >= 0.6 is 0 Å². The second-order valence-corrected chi connectivity index (χ2v) is 6.71. The summed E-state index contributed by atoms with van der Waals surface area (Å²) in [6, 6.07) is 10.5. The molecule has 0 bridgehead atoms. The minimum Gasteiger partial charge on any atom is -0.467 e. The third-order valence-electron chi connectivity index (χ3n) is 4.54. The topological polar surface area (TPSA) is 101 Å². The fraction of sp³-hybridized carbons (Fsp3) is 0.381. The van der Waals surface area contributed by atoms with Crippen LogP contribution in [-0.4, -0.2) is 44.0 Å². The maximum absolute atomic E-state index is 12.2. The van der Waals surface area contributed by atoms with Gasteiger partial charge >= 0.3 is 0 Å². The van der Waals surface area contributed by atoms with E-state index in [-0.39, 0.29) is 24.3 Å². The number of amides is 3. The maximum Gasteiger partial charge on any atom is 0.251 e. The van der Waals surface area contributed by atoms with Crippen LogP contribution in [0, 0.1) is 0 Å². The molecule has 8 heteroatoms. The number of rotatable bonds is 10. The zero-order valence-corrected chi connectivity index (χ0v) is 16.2. The van der Waals surface area contributed by atoms with Gasteiger partial charge in [0.2, 0.25) is 11.8 Å². The summed E-state index contributed by atoms with van der Waals surface area (Å²) in [7, 11) is 0. The lowest BCUT2D eigenvalue weighted by atomic mass is 10.2. The lowest BCUT2D eigenvalue weighted by Gasteiger charge is -2.15. The van der Waals surface area contributed by atoms with Crippen LogP contribution in [0.5, 0.6) is 0 Å². The van der Waals surface area contributed by atoms with Gasteiger partial charge in [0.05, 0.1) is 12.8 Å². The Hall–Kier alpha value is -3.13. The van der Waals surface area contributed by atoms with Crippen molar-refractivity contribution in [1.29, 1.82) is 0 Å². The average Bonchev–Trinajstić information content (AvgIpc) is 3.40. The molecule has 0 radical (unpaired) electrons. The molecule has 2 N–H and O–H groups in total. The van der Waals surface area contributed by atoms with Crippen molar-refractivity contribution in [3.8, 4) is 0 Å². The molecule has 1 saturated heterocycles. The highest BCUT2D eigenvalue weighted by Gasteiger charge is 2.21. The van der Waals surface area contributed by atoms with E-state index in [2.05, 4.69) is 10.6 Å². The first-order chi connectivity index (χ1) is 14.1. The van der Waals surface area contributed by atoms with Gasteiger partial charge in [-0.15, -0.1) is 0 Å². The first-order valence-electron chi connectivity index (χ1n) is 9.69. The molecule has 0 unspecified atom stereocenters. The molecule has 1 aromatic carbocycles. The SMILES string of the molecule is O=C(CNC(=O)c1ccc(N2CCCC2=O)cc1)NCCCOCc1ccco1. The van der Waals surface area contributed by atoms with Crippen LogP contribution in [0.4, 0.5) is 5.69 Å². The number of carbonyl (C=O) groups is 3. The Labute approximate surface area is 169 Å². The fourth-order valence-corrected chi connectivity index (χ4v) is 3.01. The Balaban J connectivity index is 1.30. The zero-order valence-electron chi connectivity index (χ0n) is 16.2. The molecule has 29 heavy (non-hydrogen) atoms. The summed E-state index contributed by atoms with van der Waals surface area (Å²) >= 11 is 0. The number of hydrogen-bond donors (Lipinski definition) is 2. The monoisotopic (exact) mass is 399 g/mol. The van der Waals surface area contributed by atoms with Crippen LogP contribution in [0.15, 0.2) is 47.1 Å². The number of anilines is 1. The third-order valence-corrected chi connectivity index (χ3v) is 4.54. The molecule has 1 aliphatic rings. The van der Waals surface area contributed by atoms with E-state index in [1.54, 1.807) is 41.5 Å². The standard InChI is InChI=1S/C21H25N3O5/c25-19(22-10-3-12-28-15-18-4-2-13-29-18)14-23-21(27)16-6-8-17(9-7-16)24-11-1-5-20(24)26/h2,4,6-9,13H,1,3,5,10-12,14-15H2,(H,22,25)(H,23,27). The van der Waals surface area contributed by atoms with Crippen molar-refractivity contribution in [1.82, 2.24) is 10.6 Å². The molecule has 3 rings (SSSR count). The van der Waals surface area contributed by atoms with Crippen molar-refractivity contribution < 1.29 is 23.5 Å². The van der Waals surface area contributed by atoms with Crippen LogP contribution in [-0.2, 0) is 20.9 Å². The molecule has 1 fully saturated rings. The third kappa shape index (κ3) is 6.18. The lowest BCUT2D eigenvalue weighted by molar-refractivity contribution is -0.120. The fourth-order valence-electron chi connectivity index (χ4n) is 3.01. The van der Waals surface area contributed by atoms with E-state index in [9.17, 15) is 14.4 Å². The van der Waals surface area contributed by atoms with Crippen molar-refractivity contribution in [3.63, 3.8) is 0 Å². The summed E-state index contributed by atoms with van der Waals surface area (Å²) in [6.45, 7) is 1.98. The minimum atomic E-state index is -0.332. The lowest BCUT2D eigenvalue weighted by Crippen LogP contribution is -2.37. The van der Waals surface area contributed by atoms with Crippen molar-refractivity contribution in [3.05, 3.63) is 54.0 Å². The normalized spacial score (nSPS) is 13.5. The minimum absolute atomic E-state index is 0.0988. The van der Waals surface area contributed by atoms with Crippen LogP contribution in [0.2, 0.25) is 0 Å². The number of carbonyl (C=O) groups excluding carboxylic acids is 3. The smallest absolute Gasteiger partial charge is 0.251 e. The Kier molecular flexibility index (Phi) is 7.40. The number of benzene rings is 1. The number of ether oxygens (including phenoxy) is 1. The summed E-state index contributed by atoms with van der Waals surface area (Å²) in [6.07, 6.45) is 3.67. The Morgan fingerprint density at radius 1 is 1.14 bits per heavy atom. The van der Waals surface area contributed by atoms with E-state index in [1.165, 1.54) is 0 Å². The first-order valence-corrected chi connectivity index (χ1v) is 9.69. The largest absolute Gasteiger partial charge is 0.467 e. The zero-order chi connectivity index (χ0) is 20.5. The highest BCUT2D eigenvalue weighted by Crippen LogP contribution is 2.21. The van der Waals surface area contributed by atoms with E-state index in [0.717, 1.165) is 17.9 Å². The molecule has 0 aliphatic carbocycles. The van der Waals surface area contributed by atoms with E-state index in [1.807, 2.05) is 6.07 Å². The molecule has 154 valence electrons. The van der Waals surface area contributed by atoms with Crippen LogP contribution in [0.1, 0.15) is 35.4 Å². The second kappa shape index (κ2) is 10.4. The molecule has 3 amide bonds. The molecular weight excluding hydrogens is 374 g/mol. The van der Waals surface area contributed by atoms with Crippen LogP contribution in [0.25, 0.3) is 0 Å². The molecule has 1 aliphatic heterocycles. The molecule has 2 aromatic rings. The van der Waals surface area contributed by atoms with E-state index in [4.69, 9.17) is 9.15 Å². The van der Waals surface area contributed by atoms with Gasteiger partial charge in [0.25, 0.3) is 5.91 Å². The molecule has 0 saturated carbocycles. The van der Waals surface area contributed by atoms with Crippen molar-refractivity contribution in [2.45, 2.75) is 25.9 Å². The average molecular weight is 399 g/mol. The molecule has 2 heterocycles. The first kappa shape index (κ1) is 20.6. The van der Waals surface area contributed by atoms with Gasteiger partial charge < -0.3 is 24.7 Å². The highest BCUT2D eigenvalue weighted by molar-refractivity contribution is 5.98. The van der Waals surface area contributed by atoms with E-state index < -0.39 is 0 Å². The summed E-state index contributed by atoms with van der Waals surface area (Å²) in [4.78, 5) is 37.5. The van der Waals surface area contributed by atoms with Crippen molar-refractivity contribution >= 4 is 23.4 Å². The number of furan rings is 1. The van der Waals surface area contributed by atoms with E-state index >= 15 is 0 Å². The predicted octanol–water partition coefficient (Wildman–Crippen LogP) is 1.86. The van der Waals surface area contributed by atoms with Crippen LogP contribution < -0.4 is 15.5 Å².